The zero-order valence-corrected chi connectivity index (χ0v) is 24.4. The van der Waals surface area contributed by atoms with Crippen molar-refractivity contribution >= 4 is 36.0 Å². The molecule has 0 aliphatic rings. The van der Waals surface area contributed by atoms with Gasteiger partial charge in [-0.05, 0) is 101 Å². The van der Waals surface area contributed by atoms with Gasteiger partial charge in [-0.1, -0.05) is 0 Å². The van der Waals surface area contributed by atoms with E-state index < -0.39 is 53.4 Å². The first-order valence-electron chi connectivity index (χ1n) is 12.1. The zero-order valence-electron chi connectivity index (χ0n) is 24.4. The first-order valence-corrected chi connectivity index (χ1v) is 12.1. The molecule has 214 valence electrons. The Morgan fingerprint density at radius 1 is 0.605 bits per heavy atom. The fourth-order valence-corrected chi connectivity index (χ4v) is 2.63. The van der Waals surface area contributed by atoms with E-state index in [9.17, 15) is 24.3 Å². The van der Waals surface area contributed by atoms with E-state index in [1.165, 1.54) is 12.1 Å². The number of hydrogen-bond acceptors (Lipinski definition) is 10. The molecule has 0 radical (unpaired) electrons. The predicted octanol–water partition coefficient (Wildman–Crippen LogP) is 5.93. The van der Waals surface area contributed by atoms with Crippen molar-refractivity contribution in [3.63, 3.8) is 0 Å². The van der Waals surface area contributed by atoms with Crippen LogP contribution in [0.3, 0.4) is 0 Å². The van der Waals surface area contributed by atoms with Gasteiger partial charge in [0, 0.05) is 0 Å². The average Bonchev–Trinajstić information content (AvgIpc) is 2.62. The fourth-order valence-electron chi connectivity index (χ4n) is 2.63. The number of aromatic nitrogens is 1. The lowest BCUT2D eigenvalue weighted by atomic mass is 10.2. The van der Waals surface area contributed by atoms with Crippen LogP contribution in [0.2, 0.25) is 0 Å². The summed E-state index contributed by atoms with van der Waals surface area (Å²) in [6, 6.07) is 2.44. The van der Waals surface area contributed by atoms with E-state index in [2.05, 4.69) is 4.98 Å². The number of hydrogen-bond donors (Lipinski definition) is 1. The number of aliphatic hydroxyl groups excluding tert-OH is 1. The molecular weight excluding hydrogens is 498 g/mol. The molecule has 1 aromatic rings. The Hall–Kier alpha value is -3.41. The summed E-state index contributed by atoms with van der Waals surface area (Å²) < 4.78 is 21.5. The van der Waals surface area contributed by atoms with Crippen molar-refractivity contribution in [2.75, 3.05) is 9.80 Å². The van der Waals surface area contributed by atoms with Crippen molar-refractivity contribution in [2.45, 2.75) is 112 Å². The van der Waals surface area contributed by atoms with Gasteiger partial charge >= 0.3 is 24.4 Å². The molecule has 12 heteroatoms. The van der Waals surface area contributed by atoms with Crippen LogP contribution in [0.15, 0.2) is 12.1 Å². The molecule has 0 unspecified atom stereocenters. The minimum Gasteiger partial charge on any atom is -0.443 e. The molecule has 0 aliphatic heterocycles. The number of amides is 4. The minimum atomic E-state index is -1.12. The smallest absolute Gasteiger partial charge is 0.425 e. The maximum Gasteiger partial charge on any atom is 0.425 e. The quantitative estimate of drug-likeness (QED) is 0.459. The van der Waals surface area contributed by atoms with E-state index in [0.717, 1.165) is 0 Å². The second-order valence-electron chi connectivity index (χ2n) is 12.4. The van der Waals surface area contributed by atoms with Gasteiger partial charge in [0.1, 0.15) is 22.4 Å². The average molecular weight is 540 g/mol. The largest absolute Gasteiger partial charge is 0.443 e. The molecule has 0 fully saturated rings. The van der Waals surface area contributed by atoms with Crippen molar-refractivity contribution < 1.29 is 43.2 Å². The highest BCUT2D eigenvalue weighted by atomic mass is 16.6. The summed E-state index contributed by atoms with van der Waals surface area (Å²) in [4.78, 5) is 57.7. The van der Waals surface area contributed by atoms with Crippen LogP contribution >= 0.6 is 0 Å². The van der Waals surface area contributed by atoms with Crippen LogP contribution in [-0.2, 0) is 25.6 Å². The van der Waals surface area contributed by atoms with Crippen LogP contribution in [0.5, 0.6) is 0 Å². The summed E-state index contributed by atoms with van der Waals surface area (Å²) in [6.07, 6.45) is -4.49. The minimum absolute atomic E-state index is 0.110. The lowest BCUT2D eigenvalue weighted by Crippen LogP contribution is -2.46. The Kier molecular flexibility index (Phi) is 9.91. The Morgan fingerprint density at radius 2 is 0.842 bits per heavy atom. The molecule has 0 bridgehead atoms. The molecule has 0 aromatic carbocycles. The molecule has 1 rings (SSSR count). The first kappa shape index (κ1) is 32.6. The molecule has 1 N–H and O–H groups in total. The van der Waals surface area contributed by atoms with Crippen molar-refractivity contribution in [1.29, 1.82) is 0 Å². The van der Waals surface area contributed by atoms with E-state index >= 15 is 0 Å². The SMILES string of the molecule is CC(C)(C)OC(=O)N(C(=O)OC(C)(C)C)c1cc(CO)cc(N(C(=O)OC(C)(C)C)C(=O)OC(C)(C)C)n1. The topological polar surface area (TPSA) is 145 Å². The molecule has 0 saturated heterocycles. The lowest BCUT2D eigenvalue weighted by molar-refractivity contribution is 0.0411. The van der Waals surface area contributed by atoms with E-state index in [1.807, 2.05) is 0 Å². The molecule has 12 nitrogen and oxygen atoms in total. The van der Waals surface area contributed by atoms with Crippen molar-refractivity contribution in [3.8, 4) is 0 Å². The third-order valence-corrected chi connectivity index (χ3v) is 3.80. The number of imide groups is 2. The highest BCUT2D eigenvalue weighted by molar-refractivity contribution is 6.11. The normalized spacial score (nSPS) is 12.3. The standard InChI is InChI=1S/C26H41N3O9/c1-23(2,3)35-19(31)28(20(32)36-24(4,5)6)17-13-16(15-30)14-18(27-17)29(21(33)37-25(7,8)9)22(34)38-26(10,11)12/h13-14,30H,15H2,1-12H3. The third-order valence-electron chi connectivity index (χ3n) is 3.80. The molecule has 0 atom stereocenters. The number of anilines is 2. The summed E-state index contributed by atoms with van der Waals surface area (Å²) in [5, 5.41) is 9.92. The number of carbonyl (C=O) groups excluding carboxylic acids is 4. The Bertz CT molecular complexity index is 908. The molecule has 38 heavy (non-hydrogen) atoms. The summed E-state index contributed by atoms with van der Waals surface area (Å²) in [7, 11) is 0. The maximum absolute atomic E-state index is 13.1. The Balaban J connectivity index is 3.82. The van der Waals surface area contributed by atoms with Crippen LogP contribution in [0.4, 0.5) is 30.8 Å². The third kappa shape index (κ3) is 10.9. The van der Waals surface area contributed by atoms with Gasteiger partial charge < -0.3 is 24.1 Å². The summed E-state index contributed by atoms with van der Waals surface area (Å²) in [5.74, 6) is -0.737. The van der Waals surface area contributed by atoms with Gasteiger partial charge in [0.2, 0.25) is 0 Å². The Labute approximate surface area is 224 Å². The van der Waals surface area contributed by atoms with E-state index in [1.54, 1.807) is 83.1 Å². The molecule has 4 amide bonds. The fraction of sp³-hybridized carbons (Fsp3) is 0.654. The lowest BCUT2D eigenvalue weighted by Gasteiger charge is -2.30. The van der Waals surface area contributed by atoms with Gasteiger partial charge in [-0.3, -0.25) is 0 Å². The number of aliphatic hydroxyl groups is 1. The number of nitrogens with zero attached hydrogens (tertiary/aromatic N) is 3. The van der Waals surface area contributed by atoms with Gasteiger partial charge in [0.25, 0.3) is 0 Å². The summed E-state index contributed by atoms with van der Waals surface area (Å²) >= 11 is 0. The van der Waals surface area contributed by atoms with Gasteiger partial charge in [0.15, 0.2) is 11.6 Å². The predicted molar refractivity (Wildman–Crippen MR) is 140 cm³/mol. The molecule has 0 saturated carbocycles. The Morgan fingerprint density at radius 3 is 1.03 bits per heavy atom. The van der Waals surface area contributed by atoms with Gasteiger partial charge in [-0.25, -0.2) is 24.2 Å². The second-order valence-corrected chi connectivity index (χ2v) is 12.4. The molecule has 0 spiro atoms. The van der Waals surface area contributed by atoms with Gasteiger partial charge in [0.05, 0.1) is 6.61 Å². The van der Waals surface area contributed by atoms with Crippen LogP contribution in [0.1, 0.15) is 88.6 Å². The van der Waals surface area contributed by atoms with Crippen molar-refractivity contribution in [3.05, 3.63) is 17.7 Å². The van der Waals surface area contributed by atoms with Crippen LogP contribution in [0.25, 0.3) is 0 Å². The summed E-state index contributed by atoms with van der Waals surface area (Å²) in [6.45, 7) is 18.7. The summed E-state index contributed by atoms with van der Waals surface area (Å²) in [5.41, 5.74) is -3.86. The number of carbonyl (C=O) groups is 4. The van der Waals surface area contributed by atoms with E-state index in [0.29, 0.717) is 9.80 Å². The highest BCUT2D eigenvalue weighted by Gasteiger charge is 2.37. The second kappa shape index (κ2) is 11.5. The monoisotopic (exact) mass is 539 g/mol. The van der Waals surface area contributed by atoms with E-state index in [-0.39, 0.29) is 17.2 Å². The van der Waals surface area contributed by atoms with E-state index in [4.69, 9.17) is 18.9 Å². The molecule has 1 aromatic heterocycles. The molecular formula is C26H41N3O9. The highest BCUT2D eigenvalue weighted by Crippen LogP contribution is 2.27. The zero-order chi connectivity index (χ0) is 29.9. The van der Waals surface area contributed by atoms with Crippen LogP contribution < -0.4 is 9.80 Å². The maximum atomic E-state index is 13.1. The van der Waals surface area contributed by atoms with Crippen molar-refractivity contribution in [2.24, 2.45) is 0 Å². The van der Waals surface area contributed by atoms with Crippen molar-refractivity contribution in [1.82, 2.24) is 4.98 Å². The van der Waals surface area contributed by atoms with Gasteiger partial charge in [-0.2, -0.15) is 9.80 Å². The van der Waals surface area contributed by atoms with Crippen LogP contribution in [-0.4, -0.2) is 56.9 Å². The molecule has 0 aliphatic carbocycles. The molecule has 1 heterocycles. The first-order chi connectivity index (χ1) is 16.9. The van der Waals surface area contributed by atoms with Crippen LogP contribution in [0, 0.1) is 0 Å². The number of ether oxygens (including phenoxy) is 4. The number of rotatable bonds is 3. The van der Waals surface area contributed by atoms with Gasteiger partial charge in [-0.15, -0.1) is 0 Å². The number of pyridine rings is 1.